The summed E-state index contributed by atoms with van der Waals surface area (Å²) in [4.78, 5) is 15.3. The zero-order valence-corrected chi connectivity index (χ0v) is 12.1. The van der Waals surface area contributed by atoms with Crippen molar-refractivity contribution >= 4 is 17.8 Å². The molecule has 0 spiro atoms. The Morgan fingerprint density at radius 1 is 1.45 bits per heavy atom. The molecule has 1 saturated carbocycles. The molecule has 2 atom stereocenters. The van der Waals surface area contributed by atoms with Crippen molar-refractivity contribution in [3.8, 4) is 10.7 Å². The van der Waals surface area contributed by atoms with Crippen LogP contribution in [0.15, 0.2) is 24.5 Å². The summed E-state index contributed by atoms with van der Waals surface area (Å²) in [6, 6.07) is 4.66. The van der Waals surface area contributed by atoms with Crippen molar-refractivity contribution < 1.29 is 15.0 Å². The second kappa shape index (κ2) is 6.67. The maximum Gasteiger partial charge on any atom is 0.290 e. The van der Waals surface area contributed by atoms with Gasteiger partial charge in [-0.1, -0.05) is 0 Å². The van der Waals surface area contributed by atoms with E-state index in [0.29, 0.717) is 6.04 Å². The molecule has 1 aliphatic carbocycles. The van der Waals surface area contributed by atoms with Gasteiger partial charge in [0.25, 0.3) is 6.47 Å². The van der Waals surface area contributed by atoms with Crippen LogP contribution in [-0.4, -0.2) is 32.3 Å². The highest BCUT2D eigenvalue weighted by Crippen LogP contribution is 2.35. The largest absolute Gasteiger partial charge is 0.483 e. The van der Waals surface area contributed by atoms with Gasteiger partial charge in [-0.2, -0.15) is 0 Å². The van der Waals surface area contributed by atoms with Crippen molar-refractivity contribution in [3.05, 3.63) is 29.4 Å². The Labute approximate surface area is 121 Å². The Balaban J connectivity index is 0.000000452. The molecule has 2 heterocycles. The molecule has 6 heteroatoms. The van der Waals surface area contributed by atoms with E-state index in [2.05, 4.69) is 28.6 Å². The Bertz CT molecular complexity index is 564. The van der Waals surface area contributed by atoms with Crippen LogP contribution in [0.25, 0.3) is 10.7 Å². The lowest BCUT2D eigenvalue weighted by Gasteiger charge is -2.14. The number of aromatic nitrogens is 2. The first-order chi connectivity index (χ1) is 9.65. The van der Waals surface area contributed by atoms with E-state index in [1.165, 1.54) is 9.75 Å². The summed E-state index contributed by atoms with van der Waals surface area (Å²) < 4.78 is 2.22. The third kappa shape index (κ3) is 3.26. The first-order valence-corrected chi connectivity index (χ1v) is 7.33. The third-order valence-electron chi connectivity index (χ3n) is 3.40. The van der Waals surface area contributed by atoms with E-state index < -0.39 is 0 Å². The molecule has 20 heavy (non-hydrogen) atoms. The van der Waals surface area contributed by atoms with Gasteiger partial charge < -0.3 is 14.8 Å². The molecule has 1 fully saturated rings. The first kappa shape index (κ1) is 14.7. The third-order valence-corrected chi connectivity index (χ3v) is 4.40. The van der Waals surface area contributed by atoms with Crippen LogP contribution in [-0.2, 0) is 4.79 Å². The molecule has 0 bridgehead atoms. The maximum absolute atomic E-state index is 9.63. The summed E-state index contributed by atoms with van der Waals surface area (Å²) in [5.41, 5.74) is 0. The maximum atomic E-state index is 9.63. The minimum Gasteiger partial charge on any atom is -0.483 e. The van der Waals surface area contributed by atoms with Crippen LogP contribution in [0.5, 0.6) is 0 Å². The molecule has 0 amide bonds. The fourth-order valence-corrected chi connectivity index (χ4v) is 3.41. The molecule has 0 saturated heterocycles. The summed E-state index contributed by atoms with van der Waals surface area (Å²) in [6.45, 7) is 1.86. The van der Waals surface area contributed by atoms with Crippen LogP contribution in [0.3, 0.4) is 0 Å². The predicted molar refractivity (Wildman–Crippen MR) is 77.9 cm³/mol. The summed E-state index contributed by atoms with van der Waals surface area (Å²) in [5.74, 6) is 1.04. The summed E-state index contributed by atoms with van der Waals surface area (Å²) in [6.07, 6.45) is 6.57. The highest BCUT2D eigenvalue weighted by molar-refractivity contribution is 7.15. The zero-order chi connectivity index (χ0) is 14.5. The average molecular weight is 294 g/mol. The number of carbonyl (C=O) groups is 1. The number of imidazole rings is 1. The van der Waals surface area contributed by atoms with Crippen LogP contribution in [0.1, 0.15) is 30.2 Å². The minimum atomic E-state index is -0.250. The topological polar surface area (TPSA) is 75.3 Å². The van der Waals surface area contributed by atoms with Crippen LogP contribution in [0.2, 0.25) is 0 Å². The molecular formula is C14H18N2O3S. The number of rotatable bonds is 2. The lowest BCUT2D eigenvalue weighted by atomic mass is 10.2. The second-order valence-electron chi connectivity index (χ2n) is 4.79. The van der Waals surface area contributed by atoms with Crippen LogP contribution >= 0.6 is 11.3 Å². The van der Waals surface area contributed by atoms with E-state index in [-0.39, 0.29) is 12.6 Å². The molecule has 108 valence electrons. The highest BCUT2D eigenvalue weighted by atomic mass is 32.1. The Morgan fingerprint density at radius 2 is 2.20 bits per heavy atom. The molecule has 0 aliphatic heterocycles. The molecule has 0 radical (unpaired) electrons. The Kier molecular flexibility index (Phi) is 4.92. The SMILES string of the molecule is Cc1ccc(-c2nccn2[C@@H]2CC[C@H](O)C2)s1.O=CO. The van der Waals surface area contributed by atoms with E-state index in [0.717, 1.165) is 25.1 Å². The van der Waals surface area contributed by atoms with Crippen molar-refractivity contribution in [2.24, 2.45) is 0 Å². The van der Waals surface area contributed by atoms with E-state index >= 15 is 0 Å². The Hall–Kier alpha value is -1.66. The van der Waals surface area contributed by atoms with Gasteiger partial charge in [-0.15, -0.1) is 11.3 Å². The van der Waals surface area contributed by atoms with Gasteiger partial charge in [0.05, 0.1) is 11.0 Å². The van der Waals surface area contributed by atoms with E-state index in [4.69, 9.17) is 9.90 Å². The van der Waals surface area contributed by atoms with Crippen molar-refractivity contribution in [2.75, 3.05) is 0 Å². The monoisotopic (exact) mass is 294 g/mol. The molecule has 0 unspecified atom stereocenters. The van der Waals surface area contributed by atoms with Gasteiger partial charge in [-0.25, -0.2) is 4.98 Å². The number of aliphatic hydroxyl groups excluding tert-OH is 1. The fraction of sp³-hybridized carbons (Fsp3) is 0.429. The highest BCUT2D eigenvalue weighted by Gasteiger charge is 2.26. The van der Waals surface area contributed by atoms with E-state index in [1.54, 1.807) is 11.3 Å². The Morgan fingerprint density at radius 3 is 2.75 bits per heavy atom. The van der Waals surface area contributed by atoms with Gasteiger partial charge in [-0.05, 0) is 38.3 Å². The van der Waals surface area contributed by atoms with E-state index in [9.17, 15) is 5.11 Å². The van der Waals surface area contributed by atoms with Crippen LogP contribution in [0.4, 0.5) is 0 Å². The number of carboxylic acid groups (broad SMARTS) is 1. The summed E-state index contributed by atoms with van der Waals surface area (Å²) >= 11 is 1.77. The molecule has 5 nitrogen and oxygen atoms in total. The number of aliphatic hydroxyl groups is 1. The minimum absolute atomic E-state index is 0.139. The summed E-state index contributed by atoms with van der Waals surface area (Å²) in [7, 11) is 0. The normalized spacial score (nSPS) is 21.3. The van der Waals surface area contributed by atoms with Crippen LogP contribution < -0.4 is 0 Å². The average Bonchev–Trinajstić information content (AvgIpc) is 3.09. The smallest absolute Gasteiger partial charge is 0.290 e. The molecule has 1 aliphatic rings. The number of aryl methyl sites for hydroxylation is 1. The van der Waals surface area contributed by atoms with Crippen molar-refractivity contribution in [1.82, 2.24) is 9.55 Å². The van der Waals surface area contributed by atoms with Crippen LogP contribution in [0, 0.1) is 6.92 Å². The van der Waals surface area contributed by atoms with Crippen molar-refractivity contribution in [1.29, 1.82) is 0 Å². The van der Waals surface area contributed by atoms with E-state index in [1.807, 2.05) is 12.4 Å². The zero-order valence-electron chi connectivity index (χ0n) is 11.3. The van der Waals surface area contributed by atoms with Gasteiger partial charge in [0, 0.05) is 23.3 Å². The standard InChI is InChI=1S/C13H16N2OS.CH2O2/c1-9-2-5-12(17-9)13-14-6-7-15(13)10-3-4-11(16)8-10;2-1-3/h2,5-7,10-11,16H,3-4,8H2,1H3;1H,(H,2,3)/t10-,11+;/m1./s1. The van der Waals surface area contributed by atoms with Gasteiger partial charge in [0.15, 0.2) is 0 Å². The van der Waals surface area contributed by atoms with Gasteiger partial charge in [0.1, 0.15) is 5.82 Å². The summed E-state index contributed by atoms with van der Waals surface area (Å²) in [5, 5.41) is 16.5. The van der Waals surface area contributed by atoms with Gasteiger partial charge in [0.2, 0.25) is 0 Å². The number of hydrogen-bond donors (Lipinski definition) is 2. The lowest BCUT2D eigenvalue weighted by Crippen LogP contribution is -2.07. The van der Waals surface area contributed by atoms with Crippen molar-refractivity contribution in [3.63, 3.8) is 0 Å². The molecule has 3 rings (SSSR count). The molecule has 0 aromatic carbocycles. The number of thiophene rings is 1. The number of hydrogen-bond acceptors (Lipinski definition) is 4. The van der Waals surface area contributed by atoms with Gasteiger partial charge in [-0.3, -0.25) is 4.79 Å². The van der Waals surface area contributed by atoms with Gasteiger partial charge >= 0.3 is 0 Å². The second-order valence-corrected chi connectivity index (χ2v) is 6.08. The predicted octanol–water partition coefficient (Wildman–Crippen LogP) is 2.71. The van der Waals surface area contributed by atoms with Crippen molar-refractivity contribution in [2.45, 2.75) is 38.3 Å². The lowest BCUT2D eigenvalue weighted by molar-refractivity contribution is -0.122. The first-order valence-electron chi connectivity index (χ1n) is 6.51. The molecular weight excluding hydrogens is 276 g/mol. The number of nitrogens with zero attached hydrogens (tertiary/aromatic N) is 2. The fourth-order valence-electron chi connectivity index (χ4n) is 2.54. The molecule has 2 aromatic rings. The molecule has 2 aromatic heterocycles. The quantitative estimate of drug-likeness (QED) is 0.835. The molecule has 2 N–H and O–H groups in total.